The van der Waals surface area contributed by atoms with Crippen molar-refractivity contribution in [2.45, 2.75) is 51.9 Å². The molecule has 4 aromatic rings. The van der Waals surface area contributed by atoms with E-state index < -0.39 is 10.0 Å². The predicted molar refractivity (Wildman–Crippen MR) is 142 cm³/mol. The van der Waals surface area contributed by atoms with Crippen molar-refractivity contribution in [2.75, 3.05) is 25.4 Å². The maximum Gasteiger partial charge on any atom is 0.253 e. The van der Waals surface area contributed by atoms with Crippen LogP contribution in [0.15, 0.2) is 54.9 Å². The number of fused-ring (bicyclic) bond motifs is 1. The van der Waals surface area contributed by atoms with Crippen molar-refractivity contribution < 1.29 is 8.42 Å². The van der Waals surface area contributed by atoms with Crippen LogP contribution >= 0.6 is 0 Å². The minimum atomic E-state index is -3.45. The van der Waals surface area contributed by atoms with Gasteiger partial charge >= 0.3 is 0 Å². The third kappa shape index (κ3) is 5.68. The van der Waals surface area contributed by atoms with Crippen molar-refractivity contribution in [3.63, 3.8) is 0 Å². The van der Waals surface area contributed by atoms with Crippen LogP contribution in [0.2, 0.25) is 0 Å². The Morgan fingerprint density at radius 3 is 2.53 bits per heavy atom. The summed E-state index contributed by atoms with van der Waals surface area (Å²) < 4.78 is 27.9. The molecular weight excluding hydrogens is 472 g/mol. The molecule has 1 aliphatic rings. The van der Waals surface area contributed by atoms with Crippen molar-refractivity contribution >= 4 is 15.7 Å². The Morgan fingerprint density at radius 2 is 1.75 bits per heavy atom. The number of unbranched alkanes of at least 4 members (excludes halogenated alkanes) is 1. The largest absolute Gasteiger partial charge is 0.303 e. The number of likely N-dealkylation sites (tertiary alicyclic amines) is 1. The molecule has 1 fully saturated rings. The zero-order valence-corrected chi connectivity index (χ0v) is 21.7. The van der Waals surface area contributed by atoms with Gasteiger partial charge in [-0.05, 0) is 75.0 Å². The summed E-state index contributed by atoms with van der Waals surface area (Å²) in [5.41, 5.74) is 4.72. The fraction of sp³-hybridized carbons (Fsp3) is 0.444. The molecule has 0 atom stereocenters. The van der Waals surface area contributed by atoms with Crippen molar-refractivity contribution in [3.05, 3.63) is 71.8 Å². The molecule has 36 heavy (non-hydrogen) atoms. The molecule has 0 unspecified atom stereocenters. The van der Waals surface area contributed by atoms with Gasteiger partial charge in [0.15, 0.2) is 11.5 Å². The molecule has 0 bridgehead atoms. The lowest BCUT2D eigenvalue weighted by Gasteiger charge is -2.13. The Bertz CT molecular complexity index is 1400. The Hall–Kier alpha value is -3.04. The summed E-state index contributed by atoms with van der Waals surface area (Å²) >= 11 is 0. The predicted octanol–water partition coefficient (Wildman–Crippen LogP) is 4.19. The summed E-state index contributed by atoms with van der Waals surface area (Å²) in [6.45, 7) is 5.68. The van der Waals surface area contributed by atoms with Crippen molar-refractivity contribution in [1.29, 1.82) is 0 Å². The molecule has 0 amide bonds. The molecule has 8 nitrogen and oxygen atoms in total. The van der Waals surface area contributed by atoms with Crippen LogP contribution in [0.1, 0.15) is 56.0 Å². The molecule has 1 saturated heterocycles. The molecule has 9 heteroatoms. The lowest BCUT2D eigenvalue weighted by Crippen LogP contribution is -2.20. The van der Waals surface area contributed by atoms with E-state index in [1.54, 1.807) is 16.9 Å². The molecule has 0 saturated carbocycles. The average Bonchev–Trinajstić information content (AvgIpc) is 3.64. The summed E-state index contributed by atoms with van der Waals surface area (Å²) in [5.74, 6) is 0.812. The Morgan fingerprint density at radius 1 is 0.972 bits per heavy atom. The van der Waals surface area contributed by atoms with Crippen LogP contribution in [0.3, 0.4) is 0 Å². The highest BCUT2D eigenvalue weighted by Crippen LogP contribution is 2.21. The van der Waals surface area contributed by atoms with Gasteiger partial charge < -0.3 is 4.90 Å². The topological polar surface area (TPSA) is 85.4 Å². The van der Waals surface area contributed by atoms with E-state index in [4.69, 9.17) is 10.1 Å². The number of nitrogens with zero attached hydrogens (tertiary/aromatic N) is 6. The van der Waals surface area contributed by atoms with Crippen LogP contribution < -0.4 is 0 Å². The second kappa shape index (κ2) is 10.9. The highest BCUT2D eigenvalue weighted by molar-refractivity contribution is 7.89. The summed E-state index contributed by atoms with van der Waals surface area (Å²) in [4.78, 5) is 7.27. The molecule has 0 spiro atoms. The fourth-order valence-corrected chi connectivity index (χ4v) is 6.08. The number of benzene rings is 1. The second-order valence-electron chi connectivity index (χ2n) is 9.63. The Labute approximate surface area is 213 Å². The minimum absolute atomic E-state index is 0.0829. The first-order valence-corrected chi connectivity index (χ1v) is 14.6. The molecule has 0 N–H and O–H groups in total. The van der Waals surface area contributed by atoms with Gasteiger partial charge in [0.25, 0.3) is 10.0 Å². The number of pyridine rings is 1. The monoisotopic (exact) mass is 506 g/mol. The SMILES string of the molecule is CCCCS(=O)(=O)n1cc(-c2cccc3nc(Cc4ccc(CCCN5CCCC5)cc4)nn23)cn1. The van der Waals surface area contributed by atoms with Crippen LogP contribution in [0, 0.1) is 0 Å². The summed E-state index contributed by atoms with van der Waals surface area (Å²) in [6.07, 6.45) is 10.2. The zero-order valence-electron chi connectivity index (χ0n) is 20.9. The van der Waals surface area contributed by atoms with Crippen LogP contribution in [-0.4, -0.2) is 62.5 Å². The van der Waals surface area contributed by atoms with Crippen LogP contribution in [0.25, 0.3) is 16.9 Å². The van der Waals surface area contributed by atoms with E-state index in [2.05, 4.69) is 34.3 Å². The molecule has 190 valence electrons. The molecule has 0 radical (unpaired) electrons. The van der Waals surface area contributed by atoms with Crippen LogP contribution in [0.4, 0.5) is 0 Å². The van der Waals surface area contributed by atoms with Crippen molar-refractivity contribution in [2.24, 2.45) is 0 Å². The van der Waals surface area contributed by atoms with Gasteiger partial charge in [0.1, 0.15) is 0 Å². The summed E-state index contributed by atoms with van der Waals surface area (Å²) in [6, 6.07) is 14.5. The maximum absolute atomic E-state index is 12.5. The summed E-state index contributed by atoms with van der Waals surface area (Å²) in [5, 5.41) is 8.85. The number of aryl methyl sites for hydroxylation is 1. The van der Waals surface area contributed by atoms with Gasteiger partial charge in [0.05, 0.1) is 23.8 Å². The normalized spacial score (nSPS) is 14.7. The molecular formula is C27H34N6O2S. The first kappa shape index (κ1) is 24.6. The first-order valence-electron chi connectivity index (χ1n) is 12.9. The summed E-state index contributed by atoms with van der Waals surface area (Å²) in [7, 11) is -3.45. The number of hydrogen-bond donors (Lipinski definition) is 0. The van der Waals surface area contributed by atoms with Gasteiger partial charge in [-0.25, -0.2) is 17.9 Å². The third-order valence-electron chi connectivity index (χ3n) is 6.82. The molecule has 3 aromatic heterocycles. The number of hydrogen-bond acceptors (Lipinski definition) is 6. The molecule has 0 aliphatic carbocycles. The fourth-order valence-electron chi connectivity index (χ4n) is 4.77. The Kier molecular flexibility index (Phi) is 7.48. The van der Waals surface area contributed by atoms with Gasteiger partial charge in [-0.15, -0.1) is 0 Å². The molecule has 1 aromatic carbocycles. The van der Waals surface area contributed by atoms with Gasteiger partial charge in [-0.3, -0.25) is 0 Å². The smallest absolute Gasteiger partial charge is 0.253 e. The van der Waals surface area contributed by atoms with E-state index in [1.165, 1.54) is 50.0 Å². The van der Waals surface area contributed by atoms with E-state index in [-0.39, 0.29) is 5.75 Å². The van der Waals surface area contributed by atoms with E-state index >= 15 is 0 Å². The quantitative estimate of drug-likeness (QED) is 0.303. The van der Waals surface area contributed by atoms with Crippen molar-refractivity contribution in [3.8, 4) is 11.3 Å². The van der Waals surface area contributed by atoms with E-state index in [0.29, 0.717) is 18.4 Å². The van der Waals surface area contributed by atoms with E-state index in [9.17, 15) is 8.42 Å². The minimum Gasteiger partial charge on any atom is -0.303 e. The average molecular weight is 507 g/mol. The van der Waals surface area contributed by atoms with E-state index in [1.807, 2.05) is 25.1 Å². The third-order valence-corrected chi connectivity index (χ3v) is 8.40. The highest BCUT2D eigenvalue weighted by Gasteiger charge is 2.17. The van der Waals surface area contributed by atoms with E-state index in [0.717, 1.165) is 34.1 Å². The number of rotatable bonds is 11. The number of aromatic nitrogens is 5. The van der Waals surface area contributed by atoms with Crippen molar-refractivity contribution in [1.82, 2.24) is 28.7 Å². The molecule has 5 rings (SSSR count). The van der Waals surface area contributed by atoms with Gasteiger partial charge in [0, 0.05) is 12.0 Å². The lowest BCUT2D eigenvalue weighted by atomic mass is 10.1. The maximum atomic E-state index is 12.5. The van der Waals surface area contributed by atoms with Crippen LogP contribution in [0.5, 0.6) is 0 Å². The molecule has 4 heterocycles. The standard InChI is InChI=1S/C27H34N6O2S/c1-2-3-18-36(34,35)32-21-24(20-28-32)25-9-6-10-27-29-26(30-33(25)27)19-23-13-11-22(12-14-23)8-7-17-31-15-4-5-16-31/h6,9-14,20-21H,2-5,7-8,15-19H2,1H3. The second-order valence-corrected chi connectivity index (χ2v) is 11.6. The zero-order chi connectivity index (χ0) is 25.0. The van der Waals surface area contributed by atoms with Gasteiger partial charge in [0.2, 0.25) is 0 Å². The van der Waals surface area contributed by atoms with Gasteiger partial charge in [-0.1, -0.05) is 43.7 Å². The van der Waals surface area contributed by atoms with Crippen LogP contribution in [-0.2, 0) is 22.9 Å². The Balaban J connectivity index is 1.27. The highest BCUT2D eigenvalue weighted by atomic mass is 32.2. The molecule has 1 aliphatic heterocycles. The first-order chi connectivity index (χ1) is 17.5. The lowest BCUT2D eigenvalue weighted by molar-refractivity contribution is 0.334. The van der Waals surface area contributed by atoms with Gasteiger partial charge in [-0.2, -0.15) is 14.3 Å².